The van der Waals surface area contributed by atoms with Gasteiger partial charge in [0.15, 0.2) is 11.5 Å². The van der Waals surface area contributed by atoms with Gasteiger partial charge in [-0.3, -0.25) is 0 Å². The van der Waals surface area contributed by atoms with Crippen LogP contribution in [-0.4, -0.2) is 36.3 Å². The number of carbonyl (C=O) groups is 1. The summed E-state index contributed by atoms with van der Waals surface area (Å²) in [6.07, 6.45) is 0.871. The van der Waals surface area contributed by atoms with Crippen LogP contribution in [0.4, 0.5) is 17.1 Å². The molecule has 0 radical (unpaired) electrons. The molecule has 0 saturated carbocycles. The number of benzene rings is 1. The first-order valence-electron chi connectivity index (χ1n) is 9.20. The SMILES string of the molecule is C=C1C2=C(NCCCO2)c2cc(Nc3cc(C(=O)O)nc(Cl)c3C#N)ccc2N1C. The lowest BCUT2D eigenvalue weighted by atomic mass is 10.0. The van der Waals surface area contributed by atoms with Crippen molar-refractivity contribution in [3.05, 3.63) is 64.3 Å². The average molecular weight is 424 g/mol. The Morgan fingerprint density at radius 2 is 2.27 bits per heavy atom. The van der Waals surface area contributed by atoms with E-state index in [0.717, 1.165) is 35.6 Å². The molecule has 2 aromatic rings. The molecule has 0 bridgehead atoms. The normalized spacial score (nSPS) is 15.2. The van der Waals surface area contributed by atoms with E-state index in [2.05, 4.69) is 22.2 Å². The van der Waals surface area contributed by atoms with Crippen LogP contribution in [0.15, 0.2) is 42.3 Å². The van der Waals surface area contributed by atoms with E-state index in [1.165, 1.54) is 6.07 Å². The number of rotatable bonds is 3. The number of aromatic carboxylic acids is 1. The van der Waals surface area contributed by atoms with E-state index in [-0.39, 0.29) is 22.1 Å². The van der Waals surface area contributed by atoms with Gasteiger partial charge in [0.25, 0.3) is 0 Å². The Morgan fingerprint density at radius 3 is 3.00 bits per heavy atom. The fraction of sp³-hybridized carbons (Fsp3) is 0.190. The van der Waals surface area contributed by atoms with Crippen molar-refractivity contribution < 1.29 is 14.6 Å². The number of hydrogen-bond donors (Lipinski definition) is 3. The maximum absolute atomic E-state index is 11.3. The number of nitrogens with one attached hydrogen (secondary N) is 2. The number of pyridine rings is 1. The molecular weight excluding hydrogens is 406 g/mol. The number of hydrogen-bond acceptors (Lipinski definition) is 7. The van der Waals surface area contributed by atoms with Gasteiger partial charge in [0.1, 0.15) is 16.8 Å². The Hall–Kier alpha value is -3.70. The molecule has 30 heavy (non-hydrogen) atoms. The molecule has 3 N–H and O–H groups in total. The number of halogens is 1. The van der Waals surface area contributed by atoms with Crippen LogP contribution < -0.4 is 15.5 Å². The molecular formula is C21H18ClN5O3. The maximum atomic E-state index is 11.3. The third-order valence-electron chi connectivity index (χ3n) is 4.98. The topological polar surface area (TPSA) is 111 Å². The minimum Gasteiger partial charge on any atom is -0.489 e. The standard InChI is InChI=1S/C21H18ClN5O3/c1-11-19-18(24-6-3-7-30-19)13-8-12(4-5-17(13)27(11)2)25-15-9-16(21(28)29)26-20(22)14(15)10-23/h4-5,8-9,24H,1,3,6-7H2,2H3,(H,25,26)(H,28,29). The van der Waals surface area contributed by atoms with Crippen LogP contribution >= 0.6 is 11.6 Å². The van der Waals surface area contributed by atoms with Crippen molar-refractivity contribution in [1.29, 1.82) is 5.26 Å². The van der Waals surface area contributed by atoms with Gasteiger partial charge >= 0.3 is 5.97 Å². The number of nitrogens with zero attached hydrogens (tertiary/aromatic N) is 3. The summed E-state index contributed by atoms with van der Waals surface area (Å²) in [4.78, 5) is 17.0. The number of fused-ring (bicyclic) bond motifs is 2. The van der Waals surface area contributed by atoms with Crippen LogP contribution in [0, 0.1) is 11.3 Å². The van der Waals surface area contributed by atoms with E-state index in [1.54, 1.807) is 0 Å². The summed E-state index contributed by atoms with van der Waals surface area (Å²) in [5, 5.41) is 25.0. The number of ether oxygens (including phenoxy) is 1. The first kappa shape index (κ1) is 19.6. The number of nitriles is 1. The zero-order valence-electron chi connectivity index (χ0n) is 16.1. The second-order valence-corrected chi connectivity index (χ2v) is 7.19. The van der Waals surface area contributed by atoms with Crippen molar-refractivity contribution in [2.45, 2.75) is 6.42 Å². The van der Waals surface area contributed by atoms with Crippen molar-refractivity contribution in [1.82, 2.24) is 10.3 Å². The number of carboxylic acid groups (broad SMARTS) is 1. The van der Waals surface area contributed by atoms with Gasteiger partial charge < -0.3 is 25.4 Å². The average Bonchev–Trinajstić information content (AvgIpc) is 2.98. The Kier molecular flexibility index (Phi) is 4.98. The first-order valence-corrected chi connectivity index (χ1v) is 9.58. The van der Waals surface area contributed by atoms with E-state index >= 15 is 0 Å². The predicted octanol–water partition coefficient (Wildman–Crippen LogP) is 3.69. The predicted molar refractivity (Wildman–Crippen MR) is 114 cm³/mol. The molecule has 2 aliphatic rings. The zero-order chi connectivity index (χ0) is 21.4. The van der Waals surface area contributed by atoms with E-state index in [1.807, 2.05) is 36.2 Å². The van der Waals surface area contributed by atoms with Gasteiger partial charge in [0, 0.05) is 24.8 Å². The van der Waals surface area contributed by atoms with Gasteiger partial charge in [-0.1, -0.05) is 18.2 Å². The second kappa shape index (κ2) is 7.61. The van der Waals surface area contributed by atoms with Gasteiger partial charge in [-0.25, -0.2) is 9.78 Å². The molecule has 8 nitrogen and oxygen atoms in total. The third kappa shape index (κ3) is 3.29. The lowest BCUT2D eigenvalue weighted by molar-refractivity contribution is 0.0690. The quantitative estimate of drug-likeness (QED) is 0.641. The summed E-state index contributed by atoms with van der Waals surface area (Å²) in [5.41, 5.74) is 4.22. The fourth-order valence-electron chi connectivity index (χ4n) is 3.45. The van der Waals surface area contributed by atoms with Crippen molar-refractivity contribution in [2.75, 3.05) is 30.4 Å². The van der Waals surface area contributed by atoms with Crippen molar-refractivity contribution >= 4 is 40.3 Å². The largest absolute Gasteiger partial charge is 0.489 e. The van der Waals surface area contributed by atoms with Gasteiger partial charge in [-0.15, -0.1) is 0 Å². The molecule has 3 heterocycles. The smallest absolute Gasteiger partial charge is 0.354 e. The number of likely N-dealkylation sites (N-methyl/N-ethyl adjacent to an activating group) is 1. The highest BCUT2D eigenvalue weighted by Crippen LogP contribution is 2.40. The molecule has 1 aromatic carbocycles. The minimum absolute atomic E-state index is 0.0701. The maximum Gasteiger partial charge on any atom is 0.354 e. The summed E-state index contributed by atoms with van der Waals surface area (Å²) in [6, 6.07) is 8.92. The molecule has 2 aliphatic heterocycles. The Morgan fingerprint density at radius 1 is 1.47 bits per heavy atom. The molecule has 0 saturated heterocycles. The van der Waals surface area contributed by atoms with Crippen molar-refractivity contribution in [2.24, 2.45) is 0 Å². The molecule has 0 fully saturated rings. The molecule has 0 atom stereocenters. The Bertz CT molecular complexity index is 1150. The summed E-state index contributed by atoms with van der Waals surface area (Å²) < 4.78 is 5.92. The lowest BCUT2D eigenvalue weighted by Crippen LogP contribution is -2.27. The molecule has 0 aliphatic carbocycles. The van der Waals surface area contributed by atoms with Gasteiger partial charge in [-0.05, 0) is 30.7 Å². The van der Waals surface area contributed by atoms with Crippen LogP contribution in [0.1, 0.15) is 28.0 Å². The Balaban J connectivity index is 1.79. The van der Waals surface area contributed by atoms with Gasteiger partial charge in [0.2, 0.25) is 0 Å². The lowest BCUT2D eigenvalue weighted by Gasteiger charge is -2.32. The van der Waals surface area contributed by atoms with Crippen molar-refractivity contribution in [3.63, 3.8) is 0 Å². The molecule has 0 amide bonds. The van der Waals surface area contributed by atoms with Crippen LogP contribution in [0.25, 0.3) is 5.70 Å². The molecule has 152 valence electrons. The number of aromatic nitrogens is 1. The van der Waals surface area contributed by atoms with E-state index < -0.39 is 5.97 Å². The second-order valence-electron chi connectivity index (χ2n) is 6.83. The van der Waals surface area contributed by atoms with E-state index in [9.17, 15) is 15.2 Å². The minimum atomic E-state index is -1.23. The van der Waals surface area contributed by atoms with Crippen LogP contribution in [0.5, 0.6) is 0 Å². The number of anilines is 3. The van der Waals surface area contributed by atoms with E-state index in [4.69, 9.17) is 16.3 Å². The molecule has 0 unspecified atom stereocenters. The monoisotopic (exact) mass is 423 g/mol. The third-order valence-corrected chi connectivity index (χ3v) is 5.25. The summed E-state index contributed by atoms with van der Waals surface area (Å²) in [7, 11) is 1.92. The van der Waals surface area contributed by atoms with Crippen LogP contribution in [0.3, 0.4) is 0 Å². The zero-order valence-corrected chi connectivity index (χ0v) is 16.9. The number of carboxylic acids is 1. The van der Waals surface area contributed by atoms with Gasteiger partial charge in [0.05, 0.1) is 29.4 Å². The summed E-state index contributed by atoms with van der Waals surface area (Å²) in [6.45, 7) is 5.52. The van der Waals surface area contributed by atoms with Crippen molar-refractivity contribution in [3.8, 4) is 6.07 Å². The summed E-state index contributed by atoms with van der Waals surface area (Å²) >= 11 is 6.02. The Labute approximate surface area is 178 Å². The van der Waals surface area contributed by atoms with E-state index in [0.29, 0.717) is 18.1 Å². The van der Waals surface area contributed by atoms with Crippen LogP contribution in [0.2, 0.25) is 5.15 Å². The fourth-order valence-corrected chi connectivity index (χ4v) is 3.68. The first-order chi connectivity index (χ1) is 14.4. The molecule has 1 aromatic heterocycles. The highest BCUT2D eigenvalue weighted by Gasteiger charge is 2.28. The van der Waals surface area contributed by atoms with Gasteiger partial charge in [-0.2, -0.15) is 5.26 Å². The molecule has 9 heteroatoms. The molecule has 0 spiro atoms. The highest BCUT2D eigenvalue weighted by atomic mass is 35.5. The van der Waals surface area contributed by atoms with Crippen LogP contribution in [-0.2, 0) is 4.74 Å². The summed E-state index contributed by atoms with van der Waals surface area (Å²) in [5.74, 6) is -0.526. The molecule has 4 rings (SSSR count). The highest BCUT2D eigenvalue weighted by molar-refractivity contribution is 6.31.